The van der Waals surface area contributed by atoms with Crippen molar-refractivity contribution in [3.63, 3.8) is 0 Å². The lowest BCUT2D eigenvalue weighted by Crippen LogP contribution is -2.03. The summed E-state index contributed by atoms with van der Waals surface area (Å²) in [6, 6.07) is 24.8. The topological polar surface area (TPSA) is 21.3 Å². The van der Waals surface area contributed by atoms with Crippen molar-refractivity contribution in [2.24, 2.45) is 0 Å². The van der Waals surface area contributed by atoms with Gasteiger partial charge in [-0.05, 0) is 35.4 Å². The molecule has 0 saturated heterocycles. The molecule has 0 aromatic heterocycles. The van der Waals surface area contributed by atoms with Crippen molar-refractivity contribution in [1.29, 1.82) is 0 Å². The zero-order valence-corrected chi connectivity index (χ0v) is 13.4. The lowest BCUT2D eigenvalue weighted by molar-refractivity contribution is 0.321. The maximum absolute atomic E-state index is 13.6. The summed E-state index contributed by atoms with van der Waals surface area (Å²) >= 11 is 0. The second-order valence-corrected chi connectivity index (χ2v) is 5.56. The van der Waals surface area contributed by atoms with Crippen LogP contribution >= 0.6 is 0 Å². The monoisotopic (exact) mass is 321 g/mol. The Hall–Kier alpha value is -2.81. The molecule has 2 nitrogen and oxygen atoms in total. The fourth-order valence-corrected chi connectivity index (χ4v) is 2.48. The van der Waals surface area contributed by atoms with E-state index in [9.17, 15) is 4.39 Å². The zero-order valence-electron chi connectivity index (χ0n) is 13.4. The zero-order chi connectivity index (χ0) is 16.6. The Kier molecular flexibility index (Phi) is 5.46. The van der Waals surface area contributed by atoms with Crippen LogP contribution in [-0.2, 0) is 13.0 Å². The van der Waals surface area contributed by atoms with Crippen LogP contribution in [0.25, 0.3) is 0 Å². The Balaban J connectivity index is 1.53. The third kappa shape index (κ3) is 4.59. The van der Waals surface area contributed by atoms with Gasteiger partial charge in [0.1, 0.15) is 11.6 Å². The quantitative estimate of drug-likeness (QED) is 0.657. The predicted molar refractivity (Wildman–Crippen MR) is 95.8 cm³/mol. The Morgan fingerprint density at radius 1 is 0.792 bits per heavy atom. The number of halogens is 1. The van der Waals surface area contributed by atoms with Crippen molar-refractivity contribution in [3.8, 4) is 5.75 Å². The van der Waals surface area contributed by atoms with Gasteiger partial charge in [0.15, 0.2) is 0 Å². The van der Waals surface area contributed by atoms with E-state index in [1.54, 1.807) is 12.1 Å². The molecule has 3 rings (SSSR count). The maximum atomic E-state index is 13.6. The highest BCUT2D eigenvalue weighted by Gasteiger charge is 2.01. The van der Waals surface area contributed by atoms with Crippen molar-refractivity contribution >= 4 is 5.69 Å². The van der Waals surface area contributed by atoms with Crippen molar-refractivity contribution in [2.45, 2.75) is 13.0 Å². The fourth-order valence-electron chi connectivity index (χ4n) is 2.48. The summed E-state index contributed by atoms with van der Waals surface area (Å²) in [6.07, 6.45) is 0.874. The first-order chi connectivity index (χ1) is 11.8. The van der Waals surface area contributed by atoms with Crippen molar-refractivity contribution in [1.82, 2.24) is 0 Å². The smallest absolute Gasteiger partial charge is 0.146 e. The van der Waals surface area contributed by atoms with Gasteiger partial charge in [-0.15, -0.1) is 0 Å². The molecule has 3 heteroatoms. The lowest BCUT2D eigenvalue weighted by Gasteiger charge is -2.10. The highest BCUT2D eigenvalue weighted by molar-refractivity contribution is 5.45. The third-order valence-electron chi connectivity index (χ3n) is 3.76. The van der Waals surface area contributed by atoms with Gasteiger partial charge in [-0.25, -0.2) is 4.39 Å². The van der Waals surface area contributed by atoms with E-state index in [1.807, 2.05) is 48.5 Å². The number of anilines is 1. The average molecular weight is 321 g/mol. The molecule has 0 aliphatic carbocycles. The van der Waals surface area contributed by atoms with Gasteiger partial charge in [0, 0.05) is 13.0 Å². The summed E-state index contributed by atoms with van der Waals surface area (Å²) in [7, 11) is 0. The van der Waals surface area contributed by atoms with Gasteiger partial charge in [-0.3, -0.25) is 0 Å². The van der Waals surface area contributed by atoms with E-state index in [-0.39, 0.29) is 5.82 Å². The molecule has 0 saturated carbocycles. The molecule has 0 fully saturated rings. The van der Waals surface area contributed by atoms with Crippen LogP contribution in [0.15, 0.2) is 78.9 Å². The number of benzene rings is 3. The molecule has 0 aliphatic rings. The Bertz CT molecular complexity index is 774. The first kappa shape index (κ1) is 16.1. The Labute approximate surface area is 141 Å². The normalized spacial score (nSPS) is 10.4. The van der Waals surface area contributed by atoms with Gasteiger partial charge in [0.2, 0.25) is 0 Å². The van der Waals surface area contributed by atoms with Crippen LogP contribution in [0.2, 0.25) is 0 Å². The third-order valence-corrected chi connectivity index (χ3v) is 3.76. The molecule has 0 radical (unpaired) electrons. The van der Waals surface area contributed by atoms with Crippen molar-refractivity contribution < 1.29 is 9.13 Å². The van der Waals surface area contributed by atoms with Crippen LogP contribution < -0.4 is 10.1 Å². The van der Waals surface area contributed by atoms with E-state index in [1.165, 1.54) is 11.6 Å². The van der Waals surface area contributed by atoms with Gasteiger partial charge in [0.05, 0.1) is 12.3 Å². The van der Waals surface area contributed by atoms with Crippen LogP contribution in [0, 0.1) is 5.82 Å². The molecular weight excluding hydrogens is 301 g/mol. The summed E-state index contributed by atoms with van der Waals surface area (Å²) in [5.74, 6) is 0.589. The van der Waals surface area contributed by atoms with E-state index >= 15 is 0 Å². The highest BCUT2D eigenvalue weighted by atomic mass is 19.1. The standard InChI is InChI=1S/C21H20FNO/c22-20-11-4-5-12-21(20)23-16-18-9-6-10-19(15-18)24-14-13-17-7-2-1-3-8-17/h1-12,15,23H,13-14,16H2. The lowest BCUT2D eigenvalue weighted by atomic mass is 10.2. The first-order valence-electron chi connectivity index (χ1n) is 8.05. The number of rotatable bonds is 7. The second-order valence-electron chi connectivity index (χ2n) is 5.56. The molecule has 3 aromatic rings. The molecule has 122 valence electrons. The molecule has 24 heavy (non-hydrogen) atoms. The largest absolute Gasteiger partial charge is 0.493 e. The van der Waals surface area contributed by atoms with Crippen LogP contribution in [0.5, 0.6) is 5.75 Å². The summed E-state index contributed by atoms with van der Waals surface area (Å²) in [6.45, 7) is 1.19. The van der Waals surface area contributed by atoms with E-state index in [0.29, 0.717) is 18.8 Å². The minimum absolute atomic E-state index is 0.243. The number of ether oxygens (including phenoxy) is 1. The predicted octanol–water partition coefficient (Wildman–Crippen LogP) is 5.06. The Morgan fingerprint density at radius 2 is 1.54 bits per heavy atom. The van der Waals surface area contributed by atoms with Gasteiger partial charge in [0.25, 0.3) is 0 Å². The number of para-hydroxylation sites is 1. The first-order valence-corrected chi connectivity index (χ1v) is 8.05. The molecule has 0 heterocycles. The van der Waals surface area contributed by atoms with Gasteiger partial charge < -0.3 is 10.1 Å². The van der Waals surface area contributed by atoms with Crippen molar-refractivity contribution in [3.05, 3.63) is 95.8 Å². The molecule has 0 bridgehead atoms. The average Bonchev–Trinajstić information content (AvgIpc) is 2.62. The van der Waals surface area contributed by atoms with E-state index in [0.717, 1.165) is 17.7 Å². The number of hydrogen-bond donors (Lipinski definition) is 1. The minimum Gasteiger partial charge on any atom is -0.493 e. The molecule has 0 atom stereocenters. The molecule has 0 amide bonds. The fraction of sp³-hybridized carbons (Fsp3) is 0.143. The van der Waals surface area contributed by atoms with Crippen LogP contribution in [0.1, 0.15) is 11.1 Å². The minimum atomic E-state index is -0.243. The van der Waals surface area contributed by atoms with Crippen LogP contribution in [0.4, 0.5) is 10.1 Å². The van der Waals surface area contributed by atoms with Crippen molar-refractivity contribution in [2.75, 3.05) is 11.9 Å². The number of nitrogens with one attached hydrogen (secondary N) is 1. The van der Waals surface area contributed by atoms with E-state index in [2.05, 4.69) is 17.4 Å². The van der Waals surface area contributed by atoms with E-state index in [4.69, 9.17) is 4.74 Å². The Morgan fingerprint density at radius 3 is 2.38 bits per heavy atom. The van der Waals surface area contributed by atoms with Gasteiger partial charge in [-0.2, -0.15) is 0 Å². The molecule has 0 spiro atoms. The summed E-state index contributed by atoms with van der Waals surface area (Å²) in [5.41, 5.74) is 2.82. The van der Waals surface area contributed by atoms with Gasteiger partial charge in [-0.1, -0.05) is 54.6 Å². The van der Waals surface area contributed by atoms with Crippen LogP contribution in [-0.4, -0.2) is 6.61 Å². The van der Waals surface area contributed by atoms with Gasteiger partial charge >= 0.3 is 0 Å². The molecule has 3 aromatic carbocycles. The molecule has 0 aliphatic heterocycles. The maximum Gasteiger partial charge on any atom is 0.146 e. The molecule has 1 N–H and O–H groups in total. The molecular formula is C21H20FNO. The second kappa shape index (κ2) is 8.16. The molecule has 0 unspecified atom stereocenters. The summed E-state index contributed by atoms with van der Waals surface area (Å²) < 4.78 is 19.4. The summed E-state index contributed by atoms with van der Waals surface area (Å²) in [5, 5.41) is 3.11. The highest BCUT2D eigenvalue weighted by Crippen LogP contribution is 2.17. The SMILES string of the molecule is Fc1ccccc1NCc1cccc(OCCc2ccccc2)c1. The number of hydrogen-bond acceptors (Lipinski definition) is 2. The van der Waals surface area contributed by atoms with Crippen LogP contribution in [0.3, 0.4) is 0 Å². The van der Waals surface area contributed by atoms with E-state index < -0.39 is 0 Å². The summed E-state index contributed by atoms with van der Waals surface area (Å²) in [4.78, 5) is 0.